The van der Waals surface area contributed by atoms with Crippen LogP contribution in [0.3, 0.4) is 0 Å². The third-order valence-corrected chi connectivity index (χ3v) is 3.98. The maximum absolute atomic E-state index is 13.9. The van der Waals surface area contributed by atoms with Gasteiger partial charge in [0.1, 0.15) is 11.9 Å². The summed E-state index contributed by atoms with van der Waals surface area (Å²) in [6, 6.07) is 5.30. The normalized spacial score (nSPS) is 12.8. The number of thiophene rings is 1. The Balaban J connectivity index is 2.51. The third kappa shape index (κ3) is 2.26. The SMILES string of the molecule is Cc1cc(C)c(C(O)c2sccc2C)c(F)c1. The second kappa shape index (κ2) is 4.59. The van der Waals surface area contributed by atoms with Crippen molar-refractivity contribution in [2.24, 2.45) is 0 Å². The van der Waals surface area contributed by atoms with Gasteiger partial charge in [0.15, 0.2) is 0 Å². The van der Waals surface area contributed by atoms with E-state index in [1.54, 1.807) is 0 Å². The van der Waals surface area contributed by atoms with E-state index in [2.05, 4.69) is 0 Å². The molecule has 0 spiro atoms. The van der Waals surface area contributed by atoms with Crippen LogP contribution >= 0.6 is 11.3 Å². The molecular weight excluding hydrogens is 235 g/mol. The van der Waals surface area contributed by atoms with Gasteiger partial charge < -0.3 is 5.11 Å². The highest BCUT2D eigenvalue weighted by Crippen LogP contribution is 2.32. The lowest BCUT2D eigenvalue weighted by Crippen LogP contribution is -2.05. The van der Waals surface area contributed by atoms with Gasteiger partial charge in [-0.3, -0.25) is 0 Å². The van der Waals surface area contributed by atoms with Gasteiger partial charge in [0.05, 0.1) is 0 Å². The molecule has 0 radical (unpaired) electrons. The van der Waals surface area contributed by atoms with Crippen LogP contribution in [0.25, 0.3) is 0 Å². The quantitative estimate of drug-likeness (QED) is 0.857. The van der Waals surface area contributed by atoms with E-state index < -0.39 is 6.10 Å². The molecule has 0 saturated heterocycles. The van der Waals surface area contributed by atoms with Crippen molar-refractivity contribution in [3.63, 3.8) is 0 Å². The molecule has 1 N–H and O–H groups in total. The molecule has 0 amide bonds. The van der Waals surface area contributed by atoms with Crippen LogP contribution in [-0.4, -0.2) is 5.11 Å². The lowest BCUT2D eigenvalue weighted by atomic mass is 9.98. The van der Waals surface area contributed by atoms with Crippen molar-refractivity contribution in [1.29, 1.82) is 0 Å². The fourth-order valence-electron chi connectivity index (χ4n) is 2.07. The fourth-order valence-corrected chi connectivity index (χ4v) is 2.99. The van der Waals surface area contributed by atoms with Crippen LogP contribution in [0.1, 0.15) is 33.2 Å². The first-order valence-electron chi connectivity index (χ1n) is 5.49. The molecule has 0 bridgehead atoms. The average molecular weight is 250 g/mol. The summed E-state index contributed by atoms with van der Waals surface area (Å²) in [6.45, 7) is 5.61. The molecule has 17 heavy (non-hydrogen) atoms. The third-order valence-electron chi connectivity index (χ3n) is 2.90. The predicted octanol–water partition coefficient (Wildman–Crippen LogP) is 3.89. The van der Waals surface area contributed by atoms with Gasteiger partial charge in [0.25, 0.3) is 0 Å². The molecule has 0 aliphatic carbocycles. The molecule has 90 valence electrons. The Bertz CT molecular complexity index is 522. The number of aliphatic hydroxyl groups is 1. The molecule has 1 aromatic carbocycles. The van der Waals surface area contributed by atoms with Gasteiger partial charge in [0, 0.05) is 10.4 Å². The highest BCUT2D eigenvalue weighted by atomic mass is 32.1. The molecule has 1 nitrogen and oxygen atoms in total. The largest absolute Gasteiger partial charge is 0.383 e. The molecule has 2 aromatic rings. The summed E-state index contributed by atoms with van der Waals surface area (Å²) in [7, 11) is 0. The van der Waals surface area contributed by atoms with Gasteiger partial charge in [-0.25, -0.2) is 4.39 Å². The topological polar surface area (TPSA) is 20.2 Å². The van der Waals surface area contributed by atoms with Crippen LogP contribution in [0.2, 0.25) is 0 Å². The number of aryl methyl sites for hydroxylation is 3. The van der Waals surface area contributed by atoms with Gasteiger partial charge in [-0.05, 0) is 55.0 Å². The smallest absolute Gasteiger partial charge is 0.129 e. The first kappa shape index (κ1) is 12.3. The number of halogens is 1. The molecule has 3 heteroatoms. The molecular formula is C14H15FOS. The Morgan fingerprint density at radius 1 is 1.18 bits per heavy atom. The van der Waals surface area contributed by atoms with E-state index in [0.29, 0.717) is 5.56 Å². The van der Waals surface area contributed by atoms with E-state index in [1.165, 1.54) is 17.4 Å². The Morgan fingerprint density at radius 3 is 2.41 bits per heavy atom. The van der Waals surface area contributed by atoms with Gasteiger partial charge in [0.2, 0.25) is 0 Å². The molecule has 1 aromatic heterocycles. The lowest BCUT2D eigenvalue weighted by molar-refractivity contribution is 0.217. The van der Waals surface area contributed by atoms with E-state index in [1.807, 2.05) is 38.3 Å². The van der Waals surface area contributed by atoms with E-state index in [9.17, 15) is 9.50 Å². The number of hydrogen-bond donors (Lipinski definition) is 1. The van der Waals surface area contributed by atoms with Crippen LogP contribution < -0.4 is 0 Å². The maximum atomic E-state index is 13.9. The Kier molecular flexibility index (Phi) is 3.31. The second-order valence-corrected chi connectivity index (χ2v) is 5.30. The van der Waals surface area contributed by atoms with Crippen molar-refractivity contribution < 1.29 is 9.50 Å². The molecule has 0 aliphatic heterocycles. The zero-order valence-electron chi connectivity index (χ0n) is 10.1. The van der Waals surface area contributed by atoms with Crippen molar-refractivity contribution >= 4 is 11.3 Å². The summed E-state index contributed by atoms with van der Waals surface area (Å²) in [6.07, 6.45) is -0.865. The van der Waals surface area contributed by atoms with Crippen LogP contribution in [0.15, 0.2) is 23.6 Å². The van der Waals surface area contributed by atoms with Gasteiger partial charge in [-0.1, -0.05) is 6.07 Å². The van der Waals surface area contributed by atoms with Crippen molar-refractivity contribution in [2.75, 3.05) is 0 Å². The summed E-state index contributed by atoms with van der Waals surface area (Å²) in [4.78, 5) is 0.816. The number of aliphatic hydroxyl groups excluding tert-OH is 1. The standard InChI is InChI=1S/C14H15FOS/c1-8-6-10(3)12(11(15)7-8)13(16)14-9(2)4-5-17-14/h4-7,13,16H,1-3H3. The molecule has 1 unspecified atom stereocenters. The molecule has 1 atom stereocenters. The number of hydrogen-bond acceptors (Lipinski definition) is 2. The number of benzene rings is 1. The molecule has 0 aliphatic rings. The molecule has 2 rings (SSSR count). The second-order valence-electron chi connectivity index (χ2n) is 4.35. The lowest BCUT2D eigenvalue weighted by Gasteiger charge is -2.15. The minimum atomic E-state index is -0.865. The van der Waals surface area contributed by atoms with E-state index in [0.717, 1.165) is 21.6 Å². The predicted molar refractivity (Wildman–Crippen MR) is 69.0 cm³/mol. The number of rotatable bonds is 2. The summed E-state index contributed by atoms with van der Waals surface area (Å²) >= 11 is 1.46. The van der Waals surface area contributed by atoms with Crippen LogP contribution in [0.4, 0.5) is 4.39 Å². The van der Waals surface area contributed by atoms with E-state index in [-0.39, 0.29) is 5.82 Å². The fraction of sp³-hybridized carbons (Fsp3) is 0.286. The zero-order chi connectivity index (χ0) is 12.6. The van der Waals surface area contributed by atoms with Crippen molar-refractivity contribution in [3.8, 4) is 0 Å². The highest BCUT2D eigenvalue weighted by Gasteiger charge is 2.20. The Morgan fingerprint density at radius 2 is 1.88 bits per heavy atom. The highest BCUT2D eigenvalue weighted by molar-refractivity contribution is 7.10. The summed E-state index contributed by atoms with van der Waals surface area (Å²) in [5.74, 6) is -0.331. The summed E-state index contributed by atoms with van der Waals surface area (Å²) < 4.78 is 13.9. The van der Waals surface area contributed by atoms with Gasteiger partial charge in [-0.15, -0.1) is 11.3 Å². The molecule has 1 heterocycles. The minimum Gasteiger partial charge on any atom is -0.383 e. The maximum Gasteiger partial charge on any atom is 0.129 e. The van der Waals surface area contributed by atoms with Gasteiger partial charge >= 0.3 is 0 Å². The van der Waals surface area contributed by atoms with Crippen molar-refractivity contribution in [2.45, 2.75) is 26.9 Å². The average Bonchev–Trinajstić information content (AvgIpc) is 2.62. The van der Waals surface area contributed by atoms with Crippen LogP contribution in [0, 0.1) is 26.6 Å². The van der Waals surface area contributed by atoms with Crippen molar-refractivity contribution in [3.05, 3.63) is 56.5 Å². The molecule has 0 saturated carbocycles. The van der Waals surface area contributed by atoms with Crippen molar-refractivity contribution in [1.82, 2.24) is 0 Å². The van der Waals surface area contributed by atoms with Crippen LogP contribution in [0.5, 0.6) is 0 Å². The Hall–Kier alpha value is -1.19. The minimum absolute atomic E-state index is 0.331. The summed E-state index contributed by atoms with van der Waals surface area (Å²) in [5.41, 5.74) is 3.06. The first-order chi connectivity index (χ1) is 8.00. The first-order valence-corrected chi connectivity index (χ1v) is 6.37. The van der Waals surface area contributed by atoms with Crippen LogP contribution in [-0.2, 0) is 0 Å². The molecule has 0 fully saturated rings. The van der Waals surface area contributed by atoms with Gasteiger partial charge in [-0.2, -0.15) is 0 Å². The van der Waals surface area contributed by atoms with E-state index >= 15 is 0 Å². The monoisotopic (exact) mass is 250 g/mol. The Labute approximate surface area is 105 Å². The summed E-state index contributed by atoms with van der Waals surface area (Å²) in [5, 5.41) is 12.2. The zero-order valence-corrected chi connectivity index (χ0v) is 10.9. The van der Waals surface area contributed by atoms with E-state index in [4.69, 9.17) is 0 Å².